The summed E-state index contributed by atoms with van der Waals surface area (Å²) in [6, 6.07) is 4.68. The Bertz CT molecular complexity index is 558. The van der Waals surface area contributed by atoms with Crippen LogP contribution in [-0.4, -0.2) is 16.0 Å². The zero-order chi connectivity index (χ0) is 13.1. The first-order valence-electron chi connectivity index (χ1n) is 5.28. The van der Waals surface area contributed by atoms with E-state index in [0.29, 0.717) is 28.7 Å². The standard InChI is InChI=1S/C11H13N5O2/c1-6-15-10(16-18-6)5-14-11(17)7-2-8(12)4-9(13)3-7/h2-4H,5,12-13H2,1H3,(H,14,17). The van der Waals surface area contributed by atoms with Crippen molar-refractivity contribution in [1.29, 1.82) is 0 Å². The van der Waals surface area contributed by atoms with E-state index in [9.17, 15) is 4.79 Å². The summed E-state index contributed by atoms with van der Waals surface area (Å²) < 4.78 is 4.79. The lowest BCUT2D eigenvalue weighted by molar-refractivity contribution is 0.0949. The number of hydrogen-bond donors (Lipinski definition) is 3. The predicted octanol–water partition coefficient (Wildman–Crippen LogP) is 0.472. The molecule has 1 heterocycles. The second-order valence-electron chi connectivity index (χ2n) is 3.80. The van der Waals surface area contributed by atoms with Gasteiger partial charge < -0.3 is 21.3 Å². The number of nitrogens with zero attached hydrogens (tertiary/aromatic N) is 2. The van der Waals surface area contributed by atoms with Crippen molar-refractivity contribution in [2.45, 2.75) is 13.5 Å². The van der Waals surface area contributed by atoms with Crippen LogP contribution in [-0.2, 0) is 6.54 Å². The quantitative estimate of drug-likeness (QED) is 0.678. The molecule has 0 fully saturated rings. The first-order chi connectivity index (χ1) is 8.54. The number of nitrogen functional groups attached to an aromatic ring is 2. The normalized spacial score (nSPS) is 10.3. The van der Waals surface area contributed by atoms with Crippen LogP contribution in [0.4, 0.5) is 11.4 Å². The highest BCUT2D eigenvalue weighted by atomic mass is 16.5. The summed E-state index contributed by atoms with van der Waals surface area (Å²) in [6.45, 7) is 1.86. The van der Waals surface area contributed by atoms with Gasteiger partial charge in [-0.15, -0.1) is 0 Å². The minimum atomic E-state index is -0.295. The van der Waals surface area contributed by atoms with E-state index in [1.807, 2.05) is 0 Å². The van der Waals surface area contributed by atoms with E-state index in [1.165, 1.54) is 0 Å². The molecule has 94 valence electrons. The van der Waals surface area contributed by atoms with Crippen LogP contribution in [0.25, 0.3) is 0 Å². The third-order valence-corrected chi connectivity index (χ3v) is 2.22. The minimum absolute atomic E-state index is 0.185. The number of carbonyl (C=O) groups excluding carboxylic acids is 1. The number of aromatic nitrogens is 2. The van der Waals surface area contributed by atoms with Crippen molar-refractivity contribution in [3.63, 3.8) is 0 Å². The van der Waals surface area contributed by atoms with Crippen LogP contribution < -0.4 is 16.8 Å². The monoisotopic (exact) mass is 247 g/mol. The van der Waals surface area contributed by atoms with Gasteiger partial charge in [0.2, 0.25) is 5.89 Å². The van der Waals surface area contributed by atoms with Crippen molar-refractivity contribution in [2.75, 3.05) is 11.5 Å². The average Bonchev–Trinajstić information content (AvgIpc) is 2.70. The van der Waals surface area contributed by atoms with E-state index >= 15 is 0 Å². The Balaban J connectivity index is 2.03. The lowest BCUT2D eigenvalue weighted by Crippen LogP contribution is -2.23. The summed E-state index contributed by atoms with van der Waals surface area (Å²) in [5.41, 5.74) is 12.5. The molecule has 18 heavy (non-hydrogen) atoms. The molecule has 0 aliphatic heterocycles. The van der Waals surface area contributed by atoms with Crippen molar-refractivity contribution >= 4 is 17.3 Å². The summed E-state index contributed by atoms with van der Waals surface area (Å²) in [4.78, 5) is 15.8. The van der Waals surface area contributed by atoms with Crippen molar-refractivity contribution in [2.24, 2.45) is 0 Å². The van der Waals surface area contributed by atoms with Gasteiger partial charge in [0.25, 0.3) is 5.91 Å². The molecule has 7 heteroatoms. The molecule has 0 atom stereocenters. The topological polar surface area (TPSA) is 120 Å². The van der Waals surface area contributed by atoms with Crippen molar-refractivity contribution in [1.82, 2.24) is 15.5 Å². The van der Waals surface area contributed by atoms with Gasteiger partial charge in [0.1, 0.15) is 0 Å². The van der Waals surface area contributed by atoms with Crippen LogP contribution in [0.2, 0.25) is 0 Å². The fraction of sp³-hybridized carbons (Fsp3) is 0.182. The number of amides is 1. The zero-order valence-corrected chi connectivity index (χ0v) is 9.80. The third-order valence-electron chi connectivity index (χ3n) is 2.22. The van der Waals surface area contributed by atoms with E-state index in [-0.39, 0.29) is 12.5 Å². The molecule has 7 nitrogen and oxygen atoms in total. The van der Waals surface area contributed by atoms with Crippen LogP contribution in [0.5, 0.6) is 0 Å². The molecule has 0 aliphatic carbocycles. The molecule has 0 unspecified atom stereocenters. The number of rotatable bonds is 3. The molecule has 1 aromatic carbocycles. The molecule has 2 aromatic rings. The van der Waals surface area contributed by atoms with Crippen molar-refractivity contribution < 1.29 is 9.32 Å². The van der Waals surface area contributed by atoms with Crippen molar-refractivity contribution in [3.8, 4) is 0 Å². The molecular weight excluding hydrogens is 234 g/mol. The fourth-order valence-electron chi connectivity index (χ4n) is 1.48. The van der Waals surface area contributed by atoms with Gasteiger partial charge >= 0.3 is 0 Å². The highest BCUT2D eigenvalue weighted by Gasteiger charge is 2.09. The van der Waals surface area contributed by atoms with E-state index < -0.39 is 0 Å². The lowest BCUT2D eigenvalue weighted by Gasteiger charge is -2.04. The molecule has 1 amide bonds. The summed E-state index contributed by atoms with van der Waals surface area (Å²) in [7, 11) is 0. The zero-order valence-electron chi connectivity index (χ0n) is 9.80. The predicted molar refractivity (Wildman–Crippen MR) is 65.5 cm³/mol. The van der Waals surface area contributed by atoms with Gasteiger partial charge in [-0.3, -0.25) is 4.79 Å². The molecule has 2 rings (SSSR count). The number of hydrogen-bond acceptors (Lipinski definition) is 6. The highest BCUT2D eigenvalue weighted by molar-refractivity contribution is 5.96. The summed E-state index contributed by atoms with van der Waals surface area (Å²) in [5.74, 6) is 0.571. The summed E-state index contributed by atoms with van der Waals surface area (Å²) in [6.07, 6.45) is 0. The number of nitrogens with two attached hydrogens (primary N) is 2. The SMILES string of the molecule is Cc1nc(CNC(=O)c2cc(N)cc(N)c2)no1. The average molecular weight is 247 g/mol. The molecule has 0 saturated heterocycles. The lowest BCUT2D eigenvalue weighted by atomic mass is 10.1. The summed E-state index contributed by atoms with van der Waals surface area (Å²) >= 11 is 0. The number of carbonyl (C=O) groups is 1. The maximum absolute atomic E-state index is 11.8. The van der Waals surface area contributed by atoms with E-state index in [4.69, 9.17) is 16.0 Å². The van der Waals surface area contributed by atoms with Gasteiger partial charge in [0.15, 0.2) is 5.82 Å². The van der Waals surface area contributed by atoms with Crippen LogP contribution >= 0.6 is 0 Å². The van der Waals surface area contributed by atoms with Gasteiger partial charge in [0.05, 0.1) is 6.54 Å². The van der Waals surface area contributed by atoms with Crippen LogP contribution in [0.15, 0.2) is 22.7 Å². The number of benzene rings is 1. The van der Waals surface area contributed by atoms with Gasteiger partial charge in [0, 0.05) is 23.9 Å². The first-order valence-corrected chi connectivity index (χ1v) is 5.28. The van der Waals surface area contributed by atoms with Crippen LogP contribution in [0.3, 0.4) is 0 Å². The number of anilines is 2. The molecule has 1 aromatic heterocycles. The molecule has 0 aliphatic rings. The Morgan fingerprint density at radius 2 is 2.00 bits per heavy atom. The Morgan fingerprint density at radius 1 is 1.33 bits per heavy atom. The second kappa shape index (κ2) is 4.74. The van der Waals surface area contributed by atoms with E-state index in [0.717, 1.165) is 0 Å². The Morgan fingerprint density at radius 3 is 2.56 bits per heavy atom. The minimum Gasteiger partial charge on any atom is -0.399 e. The Hall–Kier alpha value is -2.57. The van der Waals surface area contributed by atoms with Gasteiger partial charge in [-0.2, -0.15) is 4.98 Å². The molecule has 5 N–H and O–H groups in total. The van der Waals surface area contributed by atoms with E-state index in [2.05, 4.69) is 15.5 Å². The van der Waals surface area contributed by atoms with Crippen molar-refractivity contribution in [3.05, 3.63) is 35.5 Å². The molecule has 0 saturated carbocycles. The first kappa shape index (κ1) is 11.9. The Labute approximate surface area is 103 Å². The van der Waals surface area contributed by atoms with Gasteiger partial charge in [-0.25, -0.2) is 0 Å². The molecule has 0 bridgehead atoms. The molecular formula is C11H13N5O2. The van der Waals surface area contributed by atoms with Crippen LogP contribution in [0.1, 0.15) is 22.1 Å². The third kappa shape index (κ3) is 2.76. The highest BCUT2D eigenvalue weighted by Crippen LogP contribution is 2.13. The Kier molecular flexibility index (Phi) is 3.13. The van der Waals surface area contributed by atoms with Crippen LogP contribution in [0, 0.1) is 6.92 Å². The molecule has 0 radical (unpaired) electrons. The fourth-order valence-corrected chi connectivity index (χ4v) is 1.48. The number of aryl methyl sites for hydroxylation is 1. The largest absolute Gasteiger partial charge is 0.399 e. The summed E-state index contributed by atoms with van der Waals surface area (Å²) in [5, 5.41) is 6.31. The van der Waals surface area contributed by atoms with Gasteiger partial charge in [-0.1, -0.05) is 5.16 Å². The number of nitrogens with one attached hydrogen (secondary N) is 1. The van der Waals surface area contributed by atoms with E-state index in [1.54, 1.807) is 25.1 Å². The smallest absolute Gasteiger partial charge is 0.251 e. The maximum atomic E-state index is 11.8. The second-order valence-corrected chi connectivity index (χ2v) is 3.80. The maximum Gasteiger partial charge on any atom is 0.251 e. The molecule has 0 spiro atoms. The van der Waals surface area contributed by atoms with Gasteiger partial charge in [-0.05, 0) is 18.2 Å².